The lowest BCUT2D eigenvalue weighted by Crippen LogP contribution is -2.45. The van der Waals surface area contributed by atoms with Gasteiger partial charge >= 0.3 is 5.97 Å². The van der Waals surface area contributed by atoms with Gasteiger partial charge in [-0.3, -0.25) is 4.79 Å². The summed E-state index contributed by atoms with van der Waals surface area (Å²) in [6.07, 6.45) is 13.7. The number of rotatable bonds is 1. The fourth-order valence-electron chi connectivity index (χ4n) is 6.99. The molecule has 6 unspecified atom stereocenters. The fraction of sp³-hybridized carbons (Fsp3) is 0.750. The van der Waals surface area contributed by atoms with Crippen molar-refractivity contribution in [2.24, 2.45) is 35.0 Å². The lowest BCUT2D eigenvalue weighted by atomic mass is 9.58. The first kappa shape index (κ1) is 14.3. The van der Waals surface area contributed by atoms with E-state index in [9.17, 15) is 9.90 Å². The first-order valence-corrected chi connectivity index (χ1v) is 9.56. The fourth-order valence-corrected chi connectivity index (χ4v) is 6.99. The zero-order valence-electron chi connectivity index (χ0n) is 13.8. The minimum atomic E-state index is -0.538. The number of fused-ring (bicyclic) bond motifs is 7. The van der Waals surface area contributed by atoms with Gasteiger partial charge < -0.3 is 10.4 Å². The molecule has 1 saturated heterocycles. The smallest absolute Gasteiger partial charge is 0.311 e. The van der Waals surface area contributed by atoms with E-state index in [0.717, 1.165) is 31.2 Å². The van der Waals surface area contributed by atoms with Crippen LogP contribution in [0.4, 0.5) is 0 Å². The van der Waals surface area contributed by atoms with Gasteiger partial charge in [0.25, 0.3) is 0 Å². The molecular formula is C20H27NO2. The molecule has 5 rings (SSSR count). The molecule has 0 aromatic carbocycles. The third-order valence-corrected chi connectivity index (χ3v) is 7.95. The summed E-state index contributed by atoms with van der Waals surface area (Å²) in [6.45, 7) is 1.60. The van der Waals surface area contributed by atoms with Gasteiger partial charge in [0.1, 0.15) is 0 Å². The lowest BCUT2D eigenvalue weighted by Gasteiger charge is -2.46. The van der Waals surface area contributed by atoms with Crippen LogP contribution in [0.25, 0.3) is 0 Å². The van der Waals surface area contributed by atoms with Crippen LogP contribution in [0, 0.1) is 35.0 Å². The molecule has 0 amide bonds. The highest BCUT2D eigenvalue weighted by atomic mass is 16.4. The van der Waals surface area contributed by atoms with Crippen molar-refractivity contribution in [2.45, 2.75) is 44.9 Å². The summed E-state index contributed by atoms with van der Waals surface area (Å²) in [7, 11) is 0. The summed E-state index contributed by atoms with van der Waals surface area (Å²) in [4.78, 5) is 12.2. The minimum Gasteiger partial charge on any atom is -0.481 e. The second-order valence-corrected chi connectivity index (χ2v) is 8.57. The van der Waals surface area contributed by atoms with Gasteiger partial charge in [-0.15, -0.1) is 0 Å². The minimum absolute atomic E-state index is 0.339. The van der Waals surface area contributed by atoms with Crippen LogP contribution < -0.4 is 5.32 Å². The summed E-state index contributed by atoms with van der Waals surface area (Å²) >= 11 is 0. The number of hydrogen-bond acceptors (Lipinski definition) is 2. The summed E-state index contributed by atoms with van der Waals surface area (Å²) in [5.41, 5.74) is 2.84. The molecule has 124 valence electrons. The van der Waals surface area contributed by atoms with Gasteiger partial charge in [0.2, 0.25) is 0 Å². The number of nitrogens with one attached hydrogen (secondary N) is 1. The summed E-state index contributed by atoms with van der Waals surface area (Å²) in [6, 6.07) is 0. The van der Waals surface area contributed by atoms with E-state index in [1.165, 1.54) is 32.1 Å². The monoisotopic (exact) mass is 313 g/mol. The van der Waals surface area contributed by atoms with Crippen molar-refractivity contribution in [1.29, 1.82) is 0 Å². The van der Waals surface area contributed by atoms with Gasteiger partial charge in [0.05, 0.1) is 5.41 Å². The maximum atomic E-state index is 12.2. The zero-order chi connectivity index (χ0) is 15.6. The van der Waals surface area contributed by atoms with Crippen LogP contribution in [0.5, 0.6) is 0 Å². The Balaban J connectivity index is 1.52. The predicted octanol–water partition coefficient (Wildman–Crippen LogP) is 3.38. The van der Waals surface area contributed by atoms with Crippen LogP contribution in [-0.2, 0) is 4.79 Å². The molecule has 0 radical (unpaired) electrons. The molecule has 3 nitrogen and oxygen atoms in total. The Kier molecular flexibility index (Phi) is 3.07. The van der Waals surface area contributed by atoms with Crippen LogP contribution >= 0.6 is 0 Å². The molecule has 6 atom stereocenters. The average molecular weight is 313 g/mol. The van der Waals surface area contributed by atoms with Crippen LogP contribution in [0.2, 0.25) is 0 Å². The molecule has 3 saturated carbocycles. The maximum Gasteiger partial charge on any atom is 0.311 e. The van der Waals surface area contributed by atoms with Crippen molar-refractivity contribution in [3.63, 3.8) is 0 Å². The highest BCUT2D eigenvalue weighted by Crippen LogP contribution is 2.62. The molecule has 0 spiro atoms. The van der Waals surface area contributed by atoms with Crippen molar-refractivity contribution in [3.8, 4) is 0 Å². The van der Waals surface area contributed by atoms with E-state index in [1.54, 1.807) is 11.1 Å². The third kappa shape index (κ3) is 1.77. The molecule has 2 N–H and O–H groups in total. The zero-order valence-corrected chi connectivity index (χ0v) is 13.8. The molecule has 3 heteroatoms. The quantitative estimate of drug-likeness (QED) is 0.780. The summed E-state index contributed by atoms with van der Waals surface area (Å²) in [5.74, 6) is 2.21. The molecule has 5 aliphatic rings. The Morgan fingerprint density at radius 1 is 1.13 bits per heavy atom. The number of hydrogen-bond donors (Lipinski definition) is 2. The highest BCUT2D eigenvalue weighted by molar-refractivity contribution is 5.77. The number of carbonyl (C=O) groups is 1. The molecular weight excluding hydrogens is 286 g/mol. The lowest BCUT2D eigenvalue weighted by molar-refractivity contribution is -0.152. The summed E-state index contributed by atoms with van der Waals surface area (Å²) < 4.78 is 0. The van der Waals surface area contributed by atoms with Crippen LogP contribution in [0.3, 0.4) is 0 Å². The molecule has 4 aliphatic carbocycles. The molecule has 0 aromatic rings. The van der Waals surface area contributed by atoms with E-state index in [2.05, 4.69) is 17.5 Å². The van der Waals surface area contributed by atoms with Crippen molar-refractivity contribution in [2.75, 3.05) is 13.1 Å². The Morgan fingerprint density at radius 2 is 2.04 bits per heavy atom. The Morgan fingerprint density at radius 3 is 2.91 bits per heavy atom. The van der Waals surface area contributed by atoms with Crippen LogP contribution in [0.1, 0.15) is 44.9 Å². The molecule has 4 fully saturated rings. The van der Waals surface area contributed by atoms with Crippen molar-refractivity contribution < 1.29 is 9.90 Å². The van der Waals surface area contributed by atoms with Crippen molar-refractivity contribution in [3.05, 3.63) is 23.3 Å². The number of carboxylic acid groups (broad SMARTS) is 1. The molecule has 1 aliphatic heterocycles. The van der Waals surface area contributed by atoms with Gasteiger partial charge in [-0.1, -0.05) is 29.7 Å². The molecule has 1 heterocycles. The van der Waals surface area contributed by atoms with Crippen molar-refractivity contribution in [1.82, 2.24) is 5.32 Å². The van der Waals surface area contributed by atoms with Crippen LogP contribution in [0.15, 0.2) is 23.3 Å². The maximum absolute atomic E-state index is 12.2. The number of allylic oxidation sites excluding steroid dienone is 4. The van der Waals surface area contributed by atoms with E-state index in [1.807, 2.05) is 0 Å². The Bertz CT molecular complexity index is 607. The standard InChI is InChI=1S/C20H27NO2/c22-19(23)20-11-21-10-13(20)9-17-16-6-5-12-3-1-2-4-14(12)15(16)7-8-18(17)20/h5-6,13-15,17-18,21H,1-4,7-11H2,(H,22,23). The van der Waals surface area contributed by atoms with Crippen LogP contribution in [-0.4, -0.2) is 24.2 Å². The molecule has 23 heavy (non-hydrogen) atoms. The van der Waals surface area contributed by atoms with Gasteiger partial charge in [-0.2, -0.15) is 0 Å². The molecule has 0 aromatic heterocycles. The van der Waals surface area contributed by atoms with E-state index in [0.29, 0.717) is 24.3 Å². The predicted molar refractivity (Wildman–Crippen MR) is 88.9 cm³/mol. The first-order chi connectivity index (χ1) is 11.2. The first-order valence-electron chi connectivity index (χ1n) is 9.56. The van der Waals surface area contributed by atoms with E-state index in [-0.39, 0.29) is 0 Å². The second-order valence-electron chi connectivity index (χ2n) is 8.57. The second kappa shape index (κ2) is 4.95. The van der Waals surface area contributed by atoms with Gasteiger partial charge in [-0.25, -0.2) is 0 Å². The third-order valence-electron chi connectivity index (χ3n) is 7.95. The largest absolute Gasteiger partial charge is 0.481 e. The van der Waals surface area contributed by atoms with Gasteiger partial charge in [0.15, 0.2) is 0 Å². The van der Waals surface area contributed by atoms with E-state index in [4.69, 9.17) is 0 Å². The SMILES string of the molecule is O=C(O)C12CNCC1CC1C3=CC=C4CCCCC4C3CCC12. The Labute approximate surface area is 138 Å². The number of aliphatic carboxylic acids is 1. The Hall–Kier alpha value is -1.09. The van der Waals surface area contributed by atoms with Gasteiger partial charge in [0, 0.05) is 6.54 Å². The highest BCUT2D eigenvalue weighted by Gasteiger charge is 2.63. The topological polar surface area (TPSA) is 49.3 Å². The molecule has 0 bridgehead atoms. The average Bonchev–Trinajstić information content (AvgIpc) is 3.11. The van der Waals surface area contributed by atoms with Gasteiger partial charge in [-0.05, 0) is 74.7 Å². The van der Waals surface area contributed by atoms with E-state index < -0.39 is 11.4 Å². The number of carboxylic acids is 1. The van der Waals surface area contributed by atoms with E-state index >= 15 is 0 Å². The summed E-state index contributed by atoms with van der Waals surface area (Å²) in [5, 5.41) is 13.4. The normalized spacial score (nSPS) is 47.7. The van der Waals surface area contributed by atoms with Crippen molar-refractivity contribution >= 4 is 5.97 Å².